The highest BCUT2D eigenvalue weighted by molar-refractivity contribution is 6.33. The first-order chi connectivity index (χ1) is 8.91. The SMILES string of the molecule is OCc1ccc(N2CCCC(C(F)(F)F)C2)c(Cl)c1. The van der Waals surface area contributed by atoms with Crippen LogP contribution in [-0.4, -0.2) is 24.4 Å². The zero-order chi connectivity index (χ0) is 14.0. The predicted octanol–water partition coefficient (Wildman–Crippen LogP) is 3.61. The molecule has 0 saturated carbocycles. The lowest BCUT2D eigenvalue weighted by Crippen LogP contribution is -2.41. The minimum Gasteiger partial charge on any atom is -0.392 e. The number of hydrogen-bond donors (Lipinski definition) is 1. The number of alkyl halides is 3. The molecule has 19 heavy (non-hydrogen) atoms. The van der Waals surface area contributed by atoms with Gasteiger partial charge in [0.2, 0.25) is 0 Å². The van der Waals surface area contributed by atoms with Crippen LogP contribution in [0.2, 0.25) is 5.02 Å². The summed E-state index contributed by atoms with van der Waals surface area (Å²) in [5, 5.41) is 9.37. The van der Waals surface area contributed by atoms with Gasteiger partial charge in [-0.1, -0.05) is 17.7 Å². The Morgan fingerprint density at radius 1 is 1.37 bits per heavy atom. The Morgan fingerprint density at radius 2 is 2.11 bits per heavy atom. The van der Waals surface area contributed by atoms with Gasteiger partial charge in [0.25, 0.3) is 0 Å². The molecule has 1 heterocycles. The molecule has 1 atom stereocenters. The van der Waals surface area contributed by atoms with E-state index in [0.717, 1.165) is 0 Å². The highest BCUT2D eigenvalue weighted by Gasteiger charge is 2.42. The van der Waals surface area contributed by atoms with Crippen molar-refractivity contribution in [2.24, 2.45) is 5.92 Å². The van der Waals surface area contributed by atoms with Crippen molar-refractivity contribution in [1.29, 1.82) is 0 Å². The zero-order valence-electron chi connectivity index (χ0n) is 10.3. The number of hydrogen-bond acceptors (Lipinski definition) is 2. The first-order valence-corrected chi connectivity index (χ1v) is 6.50. The highest BCUT2D eigenvalue weighted by Crippen LogP contribution is 2.36. The molecule has 0 radical (unpaired) electrons. The van der Waals surface area contributed by atoms with Crippen molar-refractivity contribution in [3.63, 3.8) is 0 Å². The van der Waals surface area contributed by atoms with E-state index >= 15 is 0 Å². The fourth-order valence-corrected chi connectivity index (χ4v) is 2.69. The second kappa shape index (κ2) is 5.59. The van der Waals surface area contributed by atoms with Gasteiger partial charge < -0.3 is 10.0 Å². The van der Waals surface area contributed by atoms with Crippen LogP contribution >= 0.6 is 11.6 Å². The van der Waals surface area contributed by atoms with Crippen molar-refractivity contribution in [3.05, 3.63) is 28.8 Å². The van der Waals surface area contributed by atoms with Crippen molar-refractivity contribution in [1.82, 2.24) is 0 Å². The summed E-state index contributed by atoms with van der Waals surface area (Å²) in [5.74, 6) is -1.30. The van der Waals surface area contributed by atoms with E-state index in [2.05, 4.69) is 0 Å². The van der Waals surface area contributed by atoms with Crippen LogP contribution in [-0.2, 0) is 6.61 Å². The quantitative estimate of drug-likeness (QED) is 0.900. The topological polar surface area (TPSA) is 23.5 Å². The smallest absolute Gasteiger partial charge is 0.392 e. The molecule has 1 aliphatic heterocycles. The van der Waals surface area contributed by atoms with Gasteiger partial charge in [0.1, 0.15) is 0 Å². The van der Waals surface area contributed by atoms with Crippen molar-refractivity contribution < 1.29 is 18.3 Å². The number of piperidine rings is 1. The molecule has 1 saturated heterocycles. The molecule has 106 valence electrons. The molecule has 1 aromatic carbocycles. The van der Waals surface area contributed by atoms with E-state index in [1.54, 1.807) is 23.1 Å². The lowest BCUT2D eigenvalue weighted by atomic mass is 9.97. The van der Waals surface area contributed by atoms with Crippen LogP contribution in [0.15, 0.2) is 18.2 Å². The molecular weight excluding hydrogens is 279 g/mol. The van der Waals surface area contributed by atoms with E-state index in [4.69, 9.17) is 16.7 Å². The van der Waals surface area contributed by atoms with Gasteiger partial charge in [-0.2, -0.15) is 13.2 Å². The second-order valence-corrected chi connectivity index (χ2v) is 5.18. The van der Waals surface area contributed by atoms with E-state index in [9.17, 15) is 13.2 Å². The number of anilines is 1. The van der Waals surface area contributed by atoms with Crippen LogP contribution in [0.25, 0.3) is 0 Å². The van der Waals surface area contributed by atoms with Gasteiger partial charge in [-0.15, -0.1) is 0 Å². The van der Waals surface area contributed by atoms with Gasteiger partial charge in [-0.3, -0.25) is 0 Å². The summed E-state index contributed by atoms with van der Waals surface area (Å²) in [5.41, 5.74) is 1.26. The monoisotopic (exact) mass is 293 g/mol. The van der Waals surface area contributed by atoms with Crippen molar-refractivity contribution in [2.75, 3.05) is 18.0 Å². The van der Waals surface area contributed by atoms with Crippen molar-refractivity contribution in [3.8, 4) is 0 Å². The van der Waals surface area contributed by atoms with Crippen molar-refractivity contribution >= 4 is 17.3 Å². The maximum atomic E-state index is 12.8. The van der Waals surface area contributed by atoms with Crippen LogP contribution in [0.5, 0.6) is 0 Å². The number of aliphatic hydroxyl groups excluding tert-OH is 1. The minimum absolute atomic E-state index is 0.0539. The van der Waals surface area contributed by atoms with Crippen LogP contribution in [0, 0.1) is 5.92 Å². The van der Waals surface area contributed by atoms with E-state index in [1.165, 1.54) is 0 Å². The Hall–Kier alpha value is -0.940. The molecule has 1 aliphatic rings. The molecule has 6 heteroatoms. The third-order valence-corrected chi connectivity index (χ3v) is 3.72. The molecule has 0 spiro atoms. The zero-order valence-corrected chi connectivity index (χ0v) is 11.0. The Morgan fingerprint density at radius 3 is 2.68 bits per heavy atom. The summed E-state index contributed by atoms with van der Waals surface area (Å²) >= 11 is 6.07. The van der Waals surface area contributed by atoms with Crippen LogP contribution in [0.3, 0.4) is 0 Å². The summed E-state index contributed by atoms with van der Waals surface area (Å²) in [6, 6.07) is 4.94. The Balaban J connectivity index is 2.17. The van der Waals surface area contributed by atoms with Gasteiger partial charge in [0, 0.05) is 13.1 Å². The molecule has 1 aromatic rings. The van der Waals surface area contributed by atoms with E-state index < -0.39 is 12.1 Å². The Kier molecular flexibility index (Phi) is 4.26. The fourth-order valence-electron chi connectivity index (χ4n) is 2.37. The average Bonchev–Trinajstić information content (AvgIpc) is 2.37. The maximum absolute atomic E-state index is 12.8. The first-order valence-electron chi connectivity index (χ1n) is 6.12. The minimum atomic E-state index is -4.16. The standard InChI is InChI=1S/C13H15ClF3NO/c14-11-6-9(8-19)3-4-12(11)18-5-1-2-10(7-18)13(15,16)17/h3-4,6,10,19H,1-2,5,7-8H2. The second-order valence-electron chi connectivity index (χ2n) is 4.77. The van der Waals surface area contributed by atoms with Gasteiger partial charge in [0.15, 0.2) is 0 Å². The third-order valence-electron chi connectivity index (χ3n) is 3.42. The van der Waals surface area contributed by atoms with E-state index in [1.807, 2.05) is 0 Å². The van der Waals surface area contributed by atoms with Gasteiger partial charge in [0.05, 0.1) is 23.2 Å². The van der Waals surface area contributed by atoms with Crippen LogP contribution < -0.4 is 4.90 Å². The lowest BCUT2D eigenvalue weighted by molar-refractivity contribution is -0.175. The Bertz CT molecular complexity index is 450. The van der Waals surface area contributed by atoms with E-state index in [-0.39, 0.29) is 19.6 Å². The normalized spacial score (nSPS) is 20.7. The van der Waals surface area contributed by atoms with E-state index in [0.29, 0.717) is 29.2 Å². The number of halogens is 4. The number of aliphatic hydroxyl groups is 1. The first kappa shape index (κ1) is 14.5. The summed E-state index contributed by atoms with van der Waals surface area (Å²) in [6.45, 7) is 0.387. The molecule has 1 N–H and O–H groups in total. The summed E-state index contributed by atoms with van der Waals surface area (Å²) < 4.78 is 38.3. The number of nitrogens with zero attached hydrogens (tertiary/aromatic N) is 1. The molecule has 0 aliphatic carbocycles. The molecule has 2 rings (SSSR count). The van der Waals surface area contributed by atoms with Crippen LogP contribution in [0.1, 0.15) is 18.4 Å². The lowest BCUT2D eigenvalue weighted by Gasteiger charge is -2.35. The molecule has 0 bridgehead atoms. The highest BCUT2D eigenvalue weighted by atomic mass is 35.5. The third kappa shape index (κ3) is 3.34. The van der Waals surface area contributed by atoms with Gasteiger partial charge in [-0.25, -0.2) is 0 Å². The summed E-state index contributed by atoms with van der Waals surface area (Å²) in [6.07, 6.45) is -3.48. The van der Waals surface area contributed by atoms with Gasteiger partial charge >= 0.3 is 6.18 Å². The Labute approximate surface area is 114 Å². The molecular formula is C13H15ClF3NO. The maximum Gasteiger partial charge on any atom is 0.393 e. The molecule has 0 aromatic heterocycles. The fraction of sp³-hybridized carbons (Fsp3) is 0.538. The average molecular weight is 294 g/mol. The van der Waals surface area contributed by atoms with Crippen molar-refractivity contribution in [2.45, 2.75) is 25.6 Å². The van der Waals surface area contributed by atoms with Gasteiger partial charge in [-0.05, 0) is 30.5 Å². The van der Waals surface area contributed by atoms with Crippen LogP contribution in [0.4, 0.5) is 18.9 Å². The molecule has 1 fully saturated rings. The molecule has 1 unspecified atom stereocenters. The summed E-state index contributed by atoms with van der Waals surface area (Å²) in [7, 11) is 0. The number of benzene rings is 1. The molecule has 2 nitrogen and oxygen atoms in total. The predicted molar refractivity (Wildman–Crippen MR) is 68.4 cm³/mol. The largest absolute Gasteiger partial charge is 0.393 e. The number of rotatable bonds is 2. The molecule has 0 amide bonds. The summed E-state index contributed by atoms with van der Waals surface area (Å²) in [4.78, 5) is 1.67.